The van der Waals surface area contributed by atoms with Crippen LogP contribution in [0.15, 0.2) is 35.2 Å². The number of hydrogen-bond donors (Lipinski definition) is 1. The van der Waals surface area contributed by atoms with Gasteiger partial charge in [-0.15, -0.1) is 0 Å². The van der Waals surface area contributed by atoms with Crippen molar-refractivity contribution in [3.63, 3.8) is 0 Å². The molecule has 3 nitrogen and oxygen atoms in total. The molecule has 3 rings (SSSR count). The fourth-order valence-electron chi connectivity index (χ4n) is 2.15. The van der Waals surface area contributed by atoms with Crippen LogP contribution in [0.3, 0.4) is 0 Å². The Bertz CT molecular complexity index is 343. The van der Waals surface area contributed by atoms with E-state index in [4.69, 9.17) is 9.47 Å². The molecule has 2 aliphatic heterocycles. The van der Waals surface area contributed by atoms with E-state index < -0.39 is 6.10 Å². The summed E-state index contributed by atoms with van der Waals surface area (Å²) in [4.78, 5) is 1.20. The molecule has 1 aromatic rings. The summed E-state index contributed by atoms with van der Waals surface area (Å²) in [5.41, 5.74) is 0.100. The first-order chi connectivity index (χ1) is 7.83. The molecule has 86 valence electrons. The maximum Gasteiger partial charge on any atom is 0.111 e. The van der Waals surface area contributed by atoms with Crippen LogP contribution in [0.2, 0.25) is 0 Å². The Labute approximate surface area is 98.8 Å². The lowest BCUT2D eigenvalue weighted by atomic mass is 10.1. The van der Waals surface area contributed by atoms with Gasteiger partial charge in [-0.05, 0) is 12.1 Å². The predicted molar refractivity (Wildman–Crippen MR) is 61.3 cm³/mol. The molecule has 1 aromatic carbocycles. The van der Waals surface area contributed by atoms with Crippen molar-refractivity contribution in [1.82, 2.24) is 0 Å². The molecular weight excluding hydrogens is 224 g/mol. The normalized spacial score (nSPS) is 37.6. The third-order valence-electron chi connectivity index (χ3n) is 3.00. The Morgan fingerprint density at radius 1 is 1.19 bits per heavy atom. The summed E-state index contributed by atoms with van der Waals surface area (Å²) in [6, 6.07) is 10.2. The zero-order chi connectivity index (χ0) is 11.0. The molecule has 4 atom stereocenters. The molecule has 0 radical (unpaired) electrons. The summed E-state index contributed by atoms with van der Waals surface area (Å²) in [6.07, 6.45) is 0.143. The monoisotopic (exact) mass is 238 g/mol. The van der Waals surface area contributed by atoms with Gasteiger partial charge in [0.2, 0.25) is 0 Å². The third kappa shape index (κ3) is 1.98. The first-order valence-electron chi connectivity index (χ1n) is 5.50. The number of fused-ring (bicyclic) bond motifs is 2. The molecule has 0 spiro atoms. The Morgan fingerprint density at radius 2 is 2.00 bits per heavy atom. The zero-order valence-electron chi connectivity index (χ0n) is 8.78. The Morgan fingerprint density at radius 3 is 2.75 bits per heavy atom. The Balaban J connectivity index is 1.66. The van der Waals surface area contributed by atoms with Gasteiger partial charge in [-0.2, -0.15) is 0 Å². The highest BCUT2D eigenvalue weighted by Gasteiger charge is 2.44. The largest absolute Gasteiger partial charge is 0.388 e. The quantitative estimate of drug-likeness (QED) is 0.850. The molecule has 4 heteroatoms. The second-order valence-electron chi connectivity index (χ2n) is 4.13. The van der Waals surface area contributed by atoms with E-state index in [2.05, 4.69) is 12.1 Å². The fraction of sp³-hybridized carbons (Fsp3) is 0.500. The van der Waals surface area contributed by atoms with Crippen LogP contribution in [0.1, 0.15) is 6.42 Å². The van der Waals surface area contributed by atoms with E-state index in [1.807, 2.05) is 18.2 Å². The first-order valence-corrected chi connectivity index (χ1v) is 6.38. The molecule has 0 aliphatic carbocycles. The van der Waals surface area contributed by atoms with Gasteiger partial charge < -0.3 is 14.6 Å². The standard InChI is InChI=1S/C12H14O3S/c13-12-9-6-11(15-10(12)7-14-9)16-8-4-2-1-3-5-8/h1-5,9-13H,6-7H2/t9-,10-,11-,12+/m1/s1. The van der Waals surface area contributed by atoms with Crippen LogP contribution in [0.25, 0.3) is 0 Å². The van der Waals surface area contributed by atoms with Crippen molar-refractivity contribution in [2.45, 2.75) is 35.1 Å². The lowest BCUT2D eigenvalue weighted by Gasteiger charge is -2.30. The van der Waals surface area contributed by atoms with Crippen LogP contribution >= 0.6 is 11.8 Å². The summed E-state index contributed by atoms with van der Waals surface area (Å²) >= 11 is 1.70. The smallest absolute Gasteiger partial charge is 0.111 e. The lowest BCUT2D eigenvalue weighted by molar-refractivity contribution is -0.0731. The van der Waals surface area contributed by atoms with Crippen LogP contribution < -0.4 is 0 Å². The van der Waals surface area contributed by atoms with Crippen LogP contribution in [-0.2, 0) is 9.47 Å². The van der Waals surface area contributed by atoms with Crippen molar-refractivity contribution in [3.05, 3.63) is 30.3 Å². The molecular formula is C12H14O3S. The summed E-state index contributed by atoms with van der Waals surface area (Å²) < 4.78 is 11.3. The van der Waals surface area contributed by atoms with Crippen LogP contribution in [0.4, 0.5) is 0 Å². The zero-order valence-corrected chi connectivity index (χ0v) is 9.60. The van der Waals surface area contributed by atoms with E-state index in [0.29, 0.717) is 6.61 Å². The average Bonchev–Trinajstić information content (AvgIpc) is 2.54. The molecule has 16 heavy (non-hydrogen) atoms. The Kier molecular flexibility index (Phi) is 2.90. The fourth-order valence-corrected chi connectivity index (χ4v) is 3.25. The third-order valence-corrected chi connectivity index (χ3v) is 4.11. The highest BCUT2D eigenvalue weighted by molar-refractivity contribution is 7.99. The van der Waals surface area contributed by atoms with E-state index >= 15 is 0 Å². The van der Waals surface area contributed by atoms with Gasteiger partial charge in [0.15, 0.2) is 0 Å². The minimum Gasteiger partial charge on any atom is -0.388 e. The van der Waals surface area contributed by atoms with E-state index in [1.165, 1.54) is 4.90 Å². The minimum absolute atomic E-state index is 0.0417. The molecule has 2 fully saturated rings. The molecule has 0 unspecified atom stereocenters. The SMILES string of the molecule is O[C@H]1[C@H]2C[C@@H](Sc3ccccc3)O[C@@H]1CO2. The molecule has 2 heterocycles. The van der Waals surface area contributed by atoms with E-state index in [0.717, 1.165) is 6.42 Å². The number of hydrogen-bond acceptors (Lipinski definition) is 4. The number of aliphatic hydroxyl groups excluding tert-OH is 1. The van der Waals surface area contributed by atoms with Gasteiger partial charge in [-0.1, -0.05) is 30.0 Å². The summed E-state index contributed by atoms with van der Waals surface area (Å²) in [6.45, 7) is 0.525. The Hall–Kier alpha value is -0.550. The highest BCUT2D eigenvalue weighted by Crippen LogP contribution is 2.36. The van der Waals surface area contributed by atoms with Crippen LogP contribution in [-0.4, -0.2) is 35.5 Å². The molecule has 2 saturated heterocycles. The lowest BCUT2D eigenvalue weighted by Crippen LogP contribution is -2.41. The van der Waals surface area contributed by atoms with Gasteiger partial charge in [0.25, 0.3) is 0 Å². The predicted octanol–water partition coefficient (Wildman–Crippen LogP) is 1.65. The molecule has 2 bridgehead atoms. The number of thioether (sulfide) groups is 1. The topological polar surface area (TPSA) is 38.7 Å². The van der Waals surface area contributed by atoms with Gasteiger partial charge in [0.1, 0.15) is 17.6 Å². The number of benzene rings is 1. The second-order valence-corrected chi connectivity index (χ2v) is 5.37. The molecule has 0 saturated carbocycles. The minimum atomic E-state index is -0.437. The number of ether oxygens (including phenoxy) is 2. The van der Waals surface area contributed by atoms with E-state index in [-0.39, 0.29) is 17.6 Å². The summed E-state index contributed by atoms with van der Waals surface area (Å²) in [7, 11) is 0. The maximum absolute atomic E-state index is 9.73. The van der Waals surface area contributed by atoms with Crippen molar-refractivity contribution in [1.29, 1.82) is 0 Å². The van der Waals surface area contributed by atoms with Gasteiger partial charge >= 0.3 is 0 Å². The molecule has 1 N–H and O–H groups in total. The van der Waals surface area contributed by atoms with Crippen LogP contribution in [0, 0.1) is 0 Å². The van der Waals surface area contributed by atoms with Gasteiger partial charge in [0.05, 0.1) is 12.7 Å². The van der Waals surface area contributed by atoms with Gasteiger partial charge in [-0.3, -0.25) is 0 Å². The van der Waals surface area contributed by atoms with Gasteiger partial charge in [-0.25, -0.2) is 0 Å². The van der Waals surface area contributed by atoms with E-state index in [9.17, 15) is 5.11 Å². The van der Waals surface area contributed by atoms with Crippen LogP contribution in [0.5, 0.6) is 0 Å². The highest BCUT2D eigenvalue weighted by atomic mass is 32.2. The van der Waals surface area contributed by atoms with Crippen molar-refractivity contribution in [3.8, 4) is 0 Å². The first kappa shape index (κ1) is 10.6. The average molecular weight is 238 g/mol. The van der Waals surface area contributed by atoms with Gasteiger partial charge in [0, 0.05) is 11.3 Å². The van der Waals surface area contributed by atoms with Crippen molar-refractivity contribution in [2.75, 3.05) is 6.61 Å². The second kappa shape index (κ2) is 4.37. The van der Waals surface area contributed by atoms with Crippen molar-refractivity contribution >= 4 is 11.8 Å². The van der Waals surface area contributed by atoms with Crippen molar-refractivity contribution in [2.24, 2.45) is 0 Å². The summed E-state index contributed by atoms with van der Waals surface area (Å²) in [5, 5.41) is 9.73. The number of rotatable bonds is 2. The molecule has 2 aliphatic rings. The van der Waals surface area contributed by atoms with E-state index in [1.54, 1.807) is 11.8 Å². The summed E-state index contributed by atoms with van der Waals surface area (Å²) in [5.74, 6) is 0. The van der Waals surface area contributed by atoms with Crippen molar-refractivity contribution < 1.29 is 14.6 Å². The maximum atomic E-state index is 9.73. The molecule has 0 amide bonds. The number of aliphatic hydroxyl groups is 1. The molecule has 0 aromatic heterocycles.